The predicted molar refractivity (Wildman–Crippen MR) is 128 cm³/mol. The highest BCUT2D eigenvalue weighted by Crippen LogP contribution is 2.29. The summed E-state index contributed by atoms with van der Waals surface area (Å²) in [5, 5.41) is 9.98. The molecule has 1 aliphatic carbocycles. The van der Waals surface area contributed by atoms with Crippen LogP contribution in [0.4, 0.5) is 17.1 Å². The SMILES string of the molecule is CN(c1ccncc1)c1cccc(C(=O)NC(CC2CCCC2)C(=O)Nc2cnn(C)c2)c1. The van der Waals surface area contributed by atoms with E-state index >= 15 is 0 Å². The zero-order chi connectivity index (χ0) is 23.2. The molecule has 2 heterocycles. The molecule has 0 saturated heterocycles. The van der Waals surface area contributed by atoms with Gasteiger partial charge >= 0.3 is 0 Å². The van der Waals surface area contributed by atoms with Crippen LogP contribution in [0.5, 0.6) is 0 Å². The van der Waals surface area contributed by atoms with E-state index in [4.69, 9.17) is 0 Å². The smallest absolute Gasteiger partial charge is 0.252 e. The molecule has 3 aromatic rings. The van der Waals surface area contributed by atoms with Crippen LogP contribution in [0.25, 0.3) is 0 Å². The molecule has 1 aromatic carbocycles. The van der Waals surface area contributed by atoms with Crippen LogP contribution in [0.15, 0.2) is 61.2 Å². The van der Waals surface area contributed by atoms with Crippen LogP contribution in [0.3, 0.4) is 0 Å². The summed E-state index contributed by atoms with van der Waals surface area (Å²) in [6.07, 6.45) is 12.0. The highest BCUT2D eigenvalue weighted by Gasteiger charge is 2.27. The lowest BCUT2D eigenvalue weighted by molar-refractivity contribution is -0.118. The Morgan fingerprint density at radius 2 is 1.91 bits per heavy atom. The van der Waals surface area contributed by atoms with Gasteiger partial charge in [0.15, 0.2) is 0 Å². The number of nitrogens with one attached hydrogen (secondary N) is 2. The lowest BCUT2D eigenvalue weighted by atomic mass is 9.97. The molecule has 1 fully saturated rings. The van der Waals surface area contributed by atoms with Gasteiger partial charge in [-0.05, 0) is 42.7 Å². The number of benzene rings is 1. The van der Waals surface area contributed by atoms with E-state index in [1.807, 2.05) is 42.3 Å². The predicted octanol–water partition coefficient (Wildman–Crippen LogP) is 3.90. The van der Waals surface area contributed by atoms with E-state index in [1.54, 1.807) is 42.6 Å². The van der Waals surface area contributed by atoms with Gasteiger partial charge < -0.3 is 15.5 Å². The lowest BCUT2D eigenvalue weighted by Crippen LogP contribution is -2.44. The molecule has 2 aromatic heterocycles. The highest BCUT2D eigenvalue weighted by molar-refractivity contribution is 6.01. The van der Waals surface area contributed by atoms with Gasteiger partial charge in [-0.1, -0.05) is 31.7 Å². The summed E-state index contributed by atoms with van der Waals surface area (Å²) in [7, 11) is 3.74. The van der Waals surface area contributed by atoms with Crippen LogP contribution in [-0.2, 0) is 11.8 Å². The molecule has 0 radical (unpaired) electrons. The number of aryl methyl sites for hydroxylation is 1. The average Bonchev–Trinajstić information content (AvgIpc) is 3.50. The largest absolute Gasteiger partial charge is 0.345 e. The van der Waals surface area contributed by atoms with Gasteiger partial charge in [0.2, 0.25) is 5.91 Å². The number of hydrogen-bond donors (Lipinski definition) is 2. The minimum absolute atomic E-state index is 0.215. The van der Waals surface area contributed by atoms with Crippen LogP contribution < -0.4 is 15.5 Å². The van der Waals surface area contributed by atoms with E-state index in [1.165, 1.54) is 12.8 Å². The summed E-state index contributed by atoms with van der Waals surface area (Å²) >= 11 is 0. The molecule has 172 valence electrons. The average molecular weight is 447 g/mol. The van der Waals surface area contributed by atoms with Crippen molar-refractivity contribution >= 4 is 28.9 Å². The molecular weight excluding hydrogens is 416 g/mol. The number of hydrogen-bond acceptors (Lipinski definition) is 5. The Labute approximate surface area is 194 Å². The first-order valence-corrected chi connectivity index (χ1v) is 11.3. The third kappa shape index (κ3) is 5.77. The Hall–Kier alpha value is -3.68. The third-order valence-corrected chi connectivity index (χ3v) is 6.18. The Balaban J connectivity index is 1.49. The third-order valence-electron chi connectivity index (χ3n) is 6.18. The molecule has 1 aliphatic rings. The summed E-state index contributed by atoms with van der Waals surface area (Å²) in [4.78, 5) is 32.3. The van der Waals surface area contributed by atoms with Crippen LogP contribution in [0.2, 0.25) is 0 Å². The van der Waals surface area contributed by atoms with E-state index in [2.05, 4.69) is 20.7 Å². The quantitative estimate of drug-likeness (QED) is 0.548. The molecule has 1 saturated carbocycles. The molecular formula is C25H30N6O2. The second kappa shape index (κ2) is 10.3. The normalized spacial score (nSPS) is 14.6. The van der Waals surface area contributed by atoms with E-state index < -0.39 is 6.04 Å². The summed E-state index contributed by atoms with van der Waals surface area (Å²) in [5.74, 6) is -0.0308. The van der Waals surface area contributed by atoms with Crippen molar-refractivity contribution in [3.8, 4) is 0 Å². The standard InChI is InChI=1S/C25H30N6O2/c1-30-17-20(16-27-30)28-25(33)23(14-18-6-3-4-7-18)29-24(32)19-8-5-9-22(15-19)31(2)21-10-12-26-13-11-21/h5,8-13,15-18,23H,3-4,6-7,14H2,1-2H3,(H,28,33)(H,29,32). The van der Waals surface area contributed by atoms with Crippen molar-refractivity contribution in [2.75, 3.05) is 17.3 Å². The van der Waals surface area contributed by atoms with Gasteiger partial charge in [0, 0.05) is 49.6 Å². The molecule has 8 nitrogen and oxygen atoms in total. The number of anilines is 3. The van der Waals surface area contributed by atoms with Gasteiger partial charge in [0.1, 0.15) is 6.04 Å². The van der Waals surface area contributed by atoms with Crippen LogP contribution in [0.1, 0.15) is 42.5 Å². The molecule has 8 heteroatoms. The van der Waals surface area contributed by atoms with Gasteiger partial charge in [0.25, 0.3) is 5.91 Å². The number of aromatic nitrogens is 3. The summed E-state index contributed by atoms with van der Waals surface area (Å²) in [6.45, 7) is 0. The maximum atomic E-state index is 13.2. The van der Waals surface area contributed by atoms with Crippen molar-refractivity contribution in [1.82, 2.24) is 20.1 Å². The first kappa shape index (κ1) is 22.5. The van der Waals surface area contributed by atoms with Crippen LogP contribution in [0, 0.1) is 5.92 Å². The van der Waals surface area contributed by atoms with E-state index in [9.17, 15) is 9.59 Å². The maximum absolute atomic E-state index is 13.2. The molecule has 0 bridgehead atoms. The van der Waals surface area contributed by atoms with Crippen molar-refractivity contribution in [3.05, 3.63) is 66.7 Å². The van der Waals surface area contributed by atoms with Gasteiger partial charge in [-0.25, -0.2) is 0 Å². The van der Waals surface area contributed by atoms with Gasteiger partial charge in [-0.3, -0.25) is 19.3 Å². The topological polar surface area (TPSA) is 92.2 Å². The highest BCUT2D eigenvalue weighted by atomic mass is 16.2. The summed E-state index contributed by atoms with van der Waals surface area (Å²) in [5.41, 5.74) is 2.98. The zero-order valence-corrected chi connectivity index (χ0v) is 19.1. The molecule has 0 spiro atoms. The fourth-order valence-electron chi connectivity index (χ4n) is 4.34. The van der Waals surface area contributed by atoms with Crippen molar-refractivity contribution < 1.29 is 9.59 Å². The minimum atomic E-state index is -0.609. The Morgan fingerprint density at radius 3 is 2.61 bits per heavy atom. The monoisotopic (exact) mass is 446 g/mol. The van der Waals surface area contributed by atoms with Gasteiger partial charge in [-0.15, -0.1) is 0 Å². The van der Waals surface area contributed by atoms with Gasteiger partial charge in [0.05, 0.1) is 11.9 Å². The lowest BCUT2D eigenvalue weighted by Gasteiger charge is -2.22. The first-order valence-electron chi connectivity index (χ1n) is 11.3. The number of amides is 2. The Kier molecular flexibility index (Phi) is 7.02. The fourth-order valence-corrected chi connectivity index (χ4v) is 4.34. The number of carbonyl (C=O) groups excluding carboxylic acids is 2. The Morgan fingerprint density at radius 1 is 1.15 bits per heavy atom. The summed E-state index contributed by atoms with van der Waals surface area (Å²) in [6, 6.07) is 10.6. The van der Waals surface area contributed by atoms with Crippen molar-refractivity contribution in [1.29, 1.82) is 0 Å². The minimum Gasteiger partial charge on any atom is -0.345 e. The first-order chi connectivity index (χ1) is 16.0. The summed E-state index contributed by atoms with van der Waals surface area (Å²) < 4.78 is 1.63. The number of carbonyl (C=O) groups is 2. The number of pyridine rings is 1. The fraction of sp³-hybridized carbons (Fsp3) is 0.360. The van der Waals surface area contributed by atoms with Crippen molar-refractivity contribution in [2.45, 2.75) is 38.1 Å². The van der Waals surface area contributed by atoms with E-state index in [-0.39, 0.29) is 11.8 Å². The second-order valence-electron chi connectivity index (χ2n) is 8.62. The zero-order valence-electron chi connectivity index (χ0n) is 19.1. The number of rotatable bonds is 8. The molecule has 0 aliphatic heterocycles. The van der Waals surface area contributed by atoms with Crippen molar-refractivity contribution in [3.63, 3.8) is 0 Å². The second-order valence-corrected chi connectivity index (χ2v) is 8.62. The van der Waals surface area contributed by atoms with Crippen molar-refractivity contribution in [2.24, 2.45) is 13.0 Å². The molecule has 2 N–H and O–H groups in total. The molecule has 33 heavy (non-hydrogen) atoms. The van der Waals surface area contributed by atoms with Crippen LogP contribution >= 0.6 is 0 Å². The molecule has 2 amide bonds. The van der Waals surface area contributed by atoms with Crippen LogP contribution in [-0.4, -0.2) is 39.7 Å². The Bertz CT molecular complexity index is 1090. The molecule has 1 atom stereocenters. The number of nitrogens with zero attached hydrogens (tertiary/aromatic N) is 4. The maximum Gasteiger partial charge on any atom is 0.252 e. The molecule has 4 rings (SSSR count). The van der Waals surface area contributed by atoms with E-state index in [0.717, 1.165) is 24.2 Å². The van der Waals surface area contributed by atoms with E-state index in [0.29, 0.717) is 23.6 Å². The molecule has 1 unspecified atom stereocenters. The van der Waals surface area contributed by atoms with Gasteiger partial charge in [-0.2, -0.15) is 5.10 Å².